The van der Waals surface area contributed by atoms with Crippen LogP contribution in [0.3, 0.4) is 0 Å². The van der Waals surface area contributed by atoms with E-state index in [1.54, 1.807) is 0 Å². The molecule has 23 heavy (non-hydrogen) atoms. The lowest BCUT2D eigenvalue weighted by Gasteiger charge is -2.18. The van der Waals surface area contributed by atoms with E-state index in [0.29, 0.717) is 6.54 Å². The number of pyridine rings is 1. The molecule has 0 bridgehead atoms. The Bertz CT molecular complexity index is 779. The minimum Gasteiger partial charge on any atom is -0.395 e. The van der Waals surface area contributed by atoms with Crippen LogP contribution in [0.25, 0.3) is 5.65 Å². The minimum absolute atomic E-state index is 0.157. The quantitative estimate of drug-likeness (QED) is 0.735. The molecule has 0 fully saturated rings. The Hall–Kier alpha value is -2.53. The summed E-state index contributed by atoms with van der Waals surface area (Å²) in [6.45, 7) is 3.58. The van der Waals surface area contributed by atoms with E-state index in [9.17, 15) is 0 Å². The standard InChI is InChI=1S/C18H22N4O/c1-14-4-3-9-22-17(13-20-18(14)22)12-19-15-5-7-16(8-6-15)21(2)10-11-23/h3-9,13,19,23H,10-12H2,1-2H3. The maximum absolute atomic E-state index is 8.99. The number of benzene rings is 1. The molecule has 2 aromatic heterocycles. The third-order valence-electron chi connectivity index (χ3n) is 4.02. The van der Waals surface area contributed by atoms with E-state index in [4.69, 9.17) is 5.11 Å². The molecule has 2 heterocycles. The molecular formula is C18H22N4O. The zero-order valence-electron chi connectivity index (χ0n) is 13.5. The molecule has 0 radical (unpaired) electrons. The SMILES string of the molecule is Cc1cccn2c(CNc3ccc(N(C)CCO)cc3)cnc12. The summed E-state index contributed by atoms with van der Waals surface area (Å²) in [6, 6.07) is 12.3. The number of hydrogen-bond donors (Lipinski definition) is 2. The smallest absolute Gasteiger partial charge is 0.139 e. The summed E-state index contributed by atoms with van der Waals surface area (Å²) in [6.07, 6.45) is 3.96. The van der Waals surface area contributed by atoms with Crippen molar-refractivity contribution in [3.05, 3.63) is 60.0 Å². The topological polar surface area (TPSA) is 52.8 Å². The van der Waals surface area contributed by atoms with Crippen molar-refractivity contribution in [3.8, 4) is 0 Å². The molecule has 0 unspecified atom stereocenters. The Labute approximate surface area is 136 Å². The number of rotatable bonds is 6. The summed E-state index contributed by atoms with van der Waals surface area (Å²) < 4.78 is 2.12. The van der Waals surface area contributed by atoms with Crippen molar-refractivity contribution >= 4 is 17.0 Å². The van der Waals surface area contributed by atoms with Gasteiger partial charge in [-0.1, -0.05) is 6.07 Å². The highest BCUT2D eigenvalue weighted by Gasteiger charge is 2.05. The number of nitrogens with one attached hydrogen (secondary N) is 1. The molecule has 0 amide bonds. The van der Waals surface area contributed by atoms with Crippen LogP contribution in [0.5, 0.6) is 0 Å². The second-order valence-electron chi connectivity index (χ2n) is 5.68. The molecule has 1 aromatic carbocycles. The lowest BCUT2D eigenvalue weighted by Crippen LogP contribution is -2.20. The number of nitrogens with zero attached hydrogens (tertiary/aromatic N) is 3. The van der Waals surface area contributed by atoms with Crippen molar-refractivity contribution in [3.63, 3.8) is 0 Å². The molecular weight excluding hydrogens is 288 g/mol. The third-order valence-corrected chi connectivity index (χ3v) is 4.02. The van der Waals surface area contributed by atoms with Crippen LogP contribution >= 0.6 is 0 Å². The first-order valence-corrected chi connectivity index (χ1v) is 7.76. The molecule has 3 aromatic rings. The molecule has 5 heteroatoms. The predicted molar refractivity (Wildman–Crippen MR) is 94.1 cm³/mol. The monoisotopic (exact) mass is 310 g/mol. The molecule has 2 N–H and O–H groups in total. The van der Waals surface area contributed by atoms with Crippen molar-refractivity contribution < 1.29 is 5.11 Å². The van der Waals surface area contributed by atoms with Gasteiger partial charge in [-0.3, -0.25) is 0 Å². The Balaban J connectivity index is 1.69. The van der Waals surface area contributed by atoms with Crippen LogP contribution in [0.2, 0.25) is 0 Å². The normalized spacial score (nSPS) is 10.9. The van der Waals surface area contributed by atoms with Gasteiger partial charge in [0, 0.05) is 31.2 Å². The Kier molecular flexibility index (Phi) is 4.48. The summed E-state index contributed by atoms with van der Waals surface area (Å²) in [5, 5.41) is 12.4. The largest absolute Gasteiger partial charge is 0.395 e. The molecule has 120 valence electrons. The highest BCUT2D eigenvalue weighted by Crippen LogP contribution is 2.18. The van der Waals surface area contributed by atoms with Crippen LogP contribution in [-0.2, 0) is 6.54 Å². The van der Waals surface area contributed by atoms with E-state index < -0.39 is 0 Å². The highest BCUT2D eigenvalue weighted by atomic mass is 16.3. The molecule has 5 nitrogen and oxygen atoms in total. The van der Waals surface area contributed by atoms with Crippen LogP contribution in [0.1, 0.15) is 11.3 Å². The van der Waals surface area contributed by atoms with Gasteiger partial charge in [-0.2, -0.15) is 0 Å². The highest BCUT2D eigenvalue weighted by molar-refractivity contribution is 5.55. The van der Waals surface area contributed by atoms with Crippen LogP contribution in [0.15, 0.2) is 48.8 Å². The van der Waals surface area contributed by atoms with Gasteiger partial charge in [0.15, 0.2) is 0 Å². The van der Waals surface area contributed by atoms with E-state index in [-0.39, 0.29) is 6.61 Å². The van der Waals surface area contributed by atoms with E-state index >= 15 is 0 Å². The van der Waals surface area contributed by atoms with Gasteiger partial charge >= 0.3 is 0 Å². The molecule has 3 rings (SSSR count). The van der Waals surface area contributed by atoms with Gasteiger partial charge < -0.3 is 19.7 Å². The third kappa shape index (κ3) is 3.29. The Morgan fingerprint density at radius 3 is 2.74 bits per heavy atom. The Morgan fingerprint density at radius 1 is 1.22 bits per heavy atom. The van der Waals surface area contributed by atoms with Crippen molar-refractivity contribution in [2.75, 3.05) is 30.4 Å². The van der Waals surface area contributed by atoms with Crippen molar-refractivity contribution in [2.45, 2.75) is 13.5 Å². The number of aliphatic hydroxyl groups excluding tert-OH is 1. The fourth-order valence-corrected chi connectivity index (χ4v) is 2.64. The van der Waals surface area contributed by atoms with Crippen LogP contribution in [0.4, 0.5) is 11.4 Å². The van der Waals surface area contributed by atoms with Crippen LogP contribution in [0, 0.1) is 6.92 Å². The van der Waals surface area contributed by atoms with E-state index in [1.165, 1.54) is 5.56 Å². The summed E-state index contributed by atoms with van der Waals surface area (Å²) >= 11 is 0. The fraction of sp³-hybridized carbons (Fsp3) is 0.278. The number of aromatic nitrogens is 2. The first-order chi connectivity index (χ1) is 11.2. The van der Waals surface area contributed by atoms with Crippen molar-refractivity contribution in [1.82, 2.24) is 9.38 Å². The van der Waals surface area contributed by atoms with Gasteiger partial charge in [-0.05, 0) is 42.8 Å². The zero-order chi connectivity index (χ0) is 16.2. The molecule has 0 atom stereocenters. The van der Waals surface area contributed by atoms with Gasteiger partial charge in [0.25, 0.3) is 0 Å². The number of fused-ring (bicyclic) bond motifs is 1. The minimum atomic E-state index is 0.157. The van der Waals surface area contributed by atoms with E-state index in [0.717, 1.165) is 29.3 Å². The molecule has 0 spiro atoms. The number of likely N-dealkylation sites (N-methyl/N-ethyl adjacent to an activating group) is 1. The number of hydrogen-bond acceptors (Lipinski definition) is 4. The average molecular weight is 310 g/mol. The van der Waals surface area contributed by atoms with Gasteiger partial charge in [0.2, 0.25) is 0 Å². The molecule has 0 aliphatic heterocycles. The van der Waals surface area contributed by atoms with Gasteiger partial charge in [0.1, 0.15) is 5.65 Å². The Morgan fingerprint density at radius 2 is 2.00 bits per heavy atom. The number of imidazole rings is 1. The maximum Gasteiger partial charge on any atom is 0.139 e. The number of aliphatic hydroxyl groups is 1. The lowest BCUT2D eigenvalue weighted by atomic mass is 10.2. The van der Waals surface area contributed by atoms with Gasteiger partial charge in [0.05, 0.1) is 25.0 Å². The summed E-state index contributed by atoms with van der Waals surface area (Å²) in [4.78, 5) is 6.51. The van der Waals surface area contributed by atoms with Crippen LogP contribution in [-0.4, -0.2) is 34.7 Å². The average Bonchev–Trinajstić information content (AvgIpc) is 2.98. The van der Waals surface area contributed by atoms with Crippen molar-refractivity contribution in [2.24, 2.45) is 0 Å². The predicted octanol–water partition coefficient (Wildman–Crippen LogP) is 2.68. The molecule has 0 aliphatic carbocycles. The van der Waals surface area contributed by atoms with Crippen molar-refractivity contribution in [1.29, 1.82) is 0 Å². The van der Waals surface area contributed by atoms with E-state index in [2.05, 4.69) is 52.0 Å². The molecule has 0 saturated carbocycles. The second-order valence-corrected chi connectivity index (χ2v) is 5.68. The zero-order valence-corrected chi connectivity index (χ0v) is 13.5. The maximum atomic E-state index is 8.99. The fourth-order valence-electron chi connectivity index (χ4n) is 2.64. The summed E-state index contributed by atoms with van der Waals surface area (Å²) in [7, 11) is 1.97. The summed E-state index contributed by atoms with van der Waals surface area (Å²) in [5.41, 5.74) is 5.47. The van der Waals surface area contributed by atoms with Crippen LogP contribution < -0.4 is 10.2 Å². The summed E-state index contributed by atoms with van der Waals surface area (Å²) in [5.74, 6) is 0. The first-order valence-electron chi connectivity index (χ1n) is 7.76. The number of aryl methyl sites for hydroxylation is 1. The first kappa shape index (κ1) is 15.4. The number of anilines is 2. The molecule has 0 saturated heterocycles. The van der Waals surface area contributed by atoms with E-state index in [1.807, 2.05) is 30.4 Å². The second kappa shape index (κ2) is 6.71. The molecule has 0 aliphatic rings. The lowest BCUT2D eigenvalue weighted by molar-refractivity contribution is 0.304. The van der Waals surface area contributed by atoms with Gasteiger partial charge in [-0.15, -0.1) is 0 Å². The van der Waals surface area contributed by atoms with Gasteiger partial charge in [-0.25, -0.2) is 4.98 Å².